The van der Waals surface area contributed by atoms with Crippen LogP contribution in [0.3, 0.4) is 0 Å². The summed E-state index contributed by atoms with van der Waals surface area (Å²) in [6, 6.07) is 5.98. The van der Waals surface area contributed by atoms with E-state index in [0.717, 1.165) is 37.0 Å². The monoisotopic (exact) mass is 506 g/mol. The van der Waals surface area contributed by atoms with Crippen molar-refractivity contribution in [3.63, 3.8) is 0 Å². The molecule has 0 saturated carbocycles. The fourth-order valence-corrected chi connectivity index (χ4v) is 3.14. The van der Waals surface area contributed by atoms with Crippen LogP contribution in [0.15, 0.2) is 23.2 Å². The van der Waals surface area contributed by atoms with E-state index in [1.54, 1.807) is 28.4 Å². The van der Waals surface area contributed by atoms with Gasteiger partial charge in [0.2, 0.25) is 5.91 Å². The van der Waals surface area contributed by atoms with Gasteiger partial charge in [0, 0.05) is 45.8 Å². The quantitative estimate of drug-likeness (QED) is 0.241. The van der Waals surface area contributed by atoms with Crippen LogP contribution in [0.2, 0.25) is 0 Å². The second-order valence-electron chi connectivity index (χ2n) is 6.32. The molecule has 1 unspecified atom stereocenters. The Labute approximate surface area is 184 Å². The Bertz CT molecular complexity index is 635. The number of nitrogens with zero attached hydrogens (tertiary/aromatic N) is 2. The first-order valence-electron chi connectivity index (χ1n) is 9.05. The van der Waals surface area contributed by atoms with E-state index in [-0.39, 0.29) is 36.4 Å². The molecule has 0 radical (unpaired) electrons. The first-order valence-corrected chi connectivity index (χ1v) is 9.05. The van der Waals surface area contributed by atoms with Crippen molar-refractivity contribution in [3.8, 4) is 11.5 Å². The molecular weight excluding hydrogens is 475 g/mol. The van der Waals surface area contributed by atoms with E-state index in [4.69, 9.17) is 14.2 Å². The number of carbonyl (C=O) groups is 1. The summed E-state index contributed by atoms with van der Waals surface area (Å²) in [6.45, 7) is 2.87. The van der Waals surface area contributed by atoms with Crippen LogP contribution < -0.4 is 20.1 Å². The largest absolute Gasteiger partial charge is 0.497 e. The van der Waals surface area contributed by atoms with Gasteiger partial charge in [-0.1, -0.05) is 0 Å². The van der Waals surface area contributed by atoms with E-state index in [2.05, 4.69) is 32.7 Å². The highest BCUT2D eigenvalue weighted by Crippen LogP contribution is 2.32. The molecule has 28 heavy (non-hydrogen) atoms. The summed E-state index contributed by atoms with van der Waals surface area (Å²) in [7, 11) is 6.65. The first kappa shape index (κ1) is 24.3. The van der Waals surface area contributed by atoms with Gasteiger partial charge in [0.15, 0.2) is 5.96 Å². The van der Waals surface area contributed by atoms with Gasteiger partial charge in [-0.3, -0.25) is 9.79 Å². The Kier molecular flexibility index (Phi) is 11.0. The second kappa shape index (κ2) is 12.7. The van der Waals surface area contributed by atoms with Crippen LogP contribution in [-0.4, -0.2) is 77.9 Å². The van der Waals surface area contributed by atoms with Crippen LogP contribution in [0.1, 0.15) is 17.9 Å². The van der Waals surface area contributed by atoms with Crippen molar-refractivity contribution in [2.75, 3.05) is 61.2 Å². The molecule has 1 saturated heterocycles. The molecule has 2 N–H and O–H groups in total. The lowest BCUT2D eigenvalue weighted by Crippen LogP contribution is -2.45. The number of hydrogen-bond donors (Lipinski definition) is 2. The number of likely N-dealkylation sites (tertiary alicyclic amines) is 1. The average molecular weight is 506 g/mol. The zero-order valence-electron chi connectivity index (χ0n) is 17.0. The summed E-state index contributed by atoms with van der Waals surface area (Å²) >= 11 is 0. The minimum Gasteiger partial charge on any atom is -0.497 e. The van der Waals surface area contributed by atoms with Crippen molar-refractivity contribution in [3.05, 3.63) is 23.8 Å². The highest BCUT2D eigenvalue weighted by atomic mass is 127. The zero-order valence-corrected chi connectivity index (χ0v) is 19.3. The molecule has 1 fully saturated rings. The van der Waals surface area contributed by atoms with Gasteiger partial charge in [0.1, 0.15) is 11.5 Å². The Balaban J connectivity index is 0.00000392. The summed E-state index contributed by atoms with van der Waals surface area (Å²) in [5.74, 6) is 2.58. The number of carbonyl (C=O) groups excluding carboxylic acids is 1. The maximum atomic E-state index is 11.8. The minimum atomic E-state index is -0.0820. The predicted molar refractivity (Wildman–Crippen MR) is 120 cm³/mol. The molecule has 1 aromatic rings. The summed E-state index contributed by atoms with van der Waals surface area (Å²) in [5, 5.41) is 5.91. The first-order chi connectivity index (χ1) is 13.1. The number of benzene rings is 1. The van der Waals surface area contributed by atoms with Gasteiger partial charge in [-0.25, -0.2) is 0 Å². The van der Waals surface area contributed by atoms with E-state index < -0.39 is 0 Å². The highest BCUT2D eigenvalue weighted by molar-refractivity contribution is 14.0. The Morgan fingerprint density at radius 3 is 2.43 bits per heavy atom. The summed E-state index contributed by atoms with van der Waals surface area (Å²) in [6.07, 6.45) is 0.997. The molecule has 0 bridgehead atoms. The maximum absolute atomic E-state index is 11.8. The molecule has 2 rings (SSSR count). The Hall–Kier alpha value is -1.75. The summed E-state index contributed by atoms with van der Waals surface area (Å²) in [5.41, 5.74) is 1.18. The number of methoxy groups -OCH3 is 3. The number of guanidine groups is 1. The standard InChI is InChI=1S/C19H30N4O4.HI/c1-20-19(22-12-18(24)21-6-8-25-2)23-7-5-14(13-23)15-9-16(26-3)11-17(10-15)27-4;/h9-11,14H,5-8,12-13H2,1-4H3,(H,20,22)(H,21,24);1H. The maximum Gasteiger partial charge on any atom is 0.239 e. The van der Waals surface area contributed by atoms with Crippen LogP contribution in [0.4, 0.5) is 0 Å². The van der Waals surface area contributed by atoms with E-state index in [9.17, 15) is 4.79 Å². The predicted octanol–water partition coefficient (Wildman–Crippen LogP) is 1.45. The van der Waals surface area contributed by atoms with Gasteiger partial charge in [-0.15, -0.1) is 24.0 Å². The number of nitrogens with one attached hydrogen (secondary N) is 2. The highest BCUT2D eigenvalue weighted by Gasteiger charge is 2.27. The number of amides is 1. The topological polar surface area (TPSA) is 84.4 Å². The van der Waals surface area contributed by atoms with E-state index in [1.165, 1.54) is 5.56 Å². The molecule has 0 aromatic heterocycles. The van der Waals surface area contributed by atoms with Gasteiger partial charge in [-0.2, -0.15) is 0 Å². The van der Waals surface area contributed by atoms with Crippen molar-refractivity contribution in [1.82, 2.24) is 15.5 Å². The molecule has 0 aliphatic carbocycles. The van der Waals surface area contributed by atoms with Gasteiger partial charge < -0.3 is 29.7 Å². The van der Waals surface area contributed by atoms with Crippen LogP contribution in [0.5, 0.6) is 11.5 Å². The third-order valence-corrected chi connectivity index (χ3v) is 4.58. The van der Waals surface area contributed by atoms with Gasteiger partial charge in [0.05, 0.1) is 27.4 Å². The van der Waals surface area contributed by atoms with Crippen molar-refractivity contribution in [2.24, 2.45) is 4.99 Å². The lowest BCUT2D eigenvalue weighted by Gasteiger charge is -2.22. The van der Waals surface area contributed by atoms with Gasteiger partial charge in [0.25, 0.3) is 0 Å². The average Bonchev–Trinajstić information content (AvgIpc) is 3.18. The zero-order chi connectivity index (χ0) is 19.6. The van der Waals surface area contributed by atoms with Crippen LogP contribution in [-0.2, 0) is 9.53 Å². The molecule has 158 valence electrons. The number of halogens is 1. The fourth-order valence-electron chi connectivity index (χ4n) is 3.14. The van der Waals surface area contributed by atoms with Crippen molar-refractivity contribution < 1.29 is 19.0 Å². The smallest absolute Gasteiger partial charge is 0.239 e. The molecule has 0 spiro atoms. The van der Waals surface area contributed by atoms with Crippen LogP contribution in [0, 0.1) is 0 Å². The summed E-state index contributed by atoms with van der Waals surface area (Å²) in [4.78, 5) is 18.3. The van der Waals surface area contributed by atoms with Crippen molar-refractivity contribution in [2.45, 2.75) is 12.3 Å². The van der Waals surface area contributed by atoms with Crippen LogP contribution >= 0.6 is 24.0 Å². The fraction of sp³-hybridized carbons (Fsp3) is 0.579. The number of ether oxygens (including phenoxy) is 3. The van der Waals surface area contributed by atoms with E-state index in [0.29, 0.717) is 19.1 Å². The third-order valence-electron chi connectivity index (χ3n) is 4.58. The van der Waals surface area contributed by atoms with E-state index in [1.807, 2.05) is 6.07 Å². The Morgan fingerprint density at radius 2 is 1.86 bits per heavy atom. The molecule has 8 nitrogen and oxygen atoms in total. The molecule has 9 heteroatoms. The van der Waals surface area contributed by atoms with Crippen molar-refractivity contribution in [1.29, 1.82) is 0 Å². The van der Waals surface area contributed by atoms with Crippen molar-refractivity contribution >= 4 is 35.8 Å². The molecule has 1 amide bonds. The number of aliphatic imine (C=N–C) groups is 1. The normalized spacial score (nSPS) is 16.4. The van der Waals surface area contributed by atoms with Gasteiger partial charge >= 0.3 is 0 Å². The SMILES string of the molecule is CN=C(NCC(=O)NCCOC)N1CCC(c2cc(OC)cc(OC)c2)C1.I. The number of rotatable bonds is 8. The molecule has 1 aliphatic rings. The third kappa shape index (κ3) is 7.01. The van der Waals surface area contributed by atoms with E-state index >= 15 is 0 Å². The summed E-state index contributed by atoms with van der Waals surface area (Å²) < 4.78 is 15.7. The van der Waals surface area contributed by atoms with Crippen LogP contribution in [0.25, 0.3) is 0 Å². The Morgan fingerprint density at radius 1 is 1.18 bits per heavy atom. The lowest BCUT2D eigenvalue weighted by molar-refractivity contribution is -0.120. The lowest BCUT2D eigenvalue weighted by atomic mass is 9.98. The molecule has 1 atom stereocenters. The minimum absolute atomic E-state index is 0. The second-order valence-corrected chi connectivity index (χ2v) is 6.32. The van der Waals surface area contributed by atoms with Gasteiger partial charge in [-0.05, 0) is 24.1 Å². The molecule has 1 heterocycles. The molecule has 1 aromatic carbocycles. The molecule has 1 aliphatic heterocycles. The molecular formula is C19H31IN4O4. The number of hydrogen-bond acceptors (Lipinski definition) is 5.